The van der Waals surface area contributed by atoms with Crippen molar-refractivity contribution in [1.29, 1.82) is 0 Å². The fraction of sp³-hybridized carbons (Fsp3) is 0.286. The van der Waals surface area contributed by atoms with Gasteiger partial charge in [0.15, 0.2) is 11.5 Å². The molecule has 7 nitrogen and oxygen atoms in total. The minimum Gasteiger partial charge on any atom is -0.461 e. The third kappa shape index (κ3) is 3.25. The van der Waals surface area contributed by atoms with Gasteiger partial charge >= 0.3 is 0 Å². The summed E-state index contributed by atoms with van der Waals surface area (Å²) in [5, 5.41) is 11.8. The Morgan fingerprint density at radius 2 is 2.05 bits per heavy atom. The maximum Gasteiger partial charge on any atom is 0.202 e. The Labute approximate surface area is 120 Å². The van der Waals surface area contributed by atoms with Gasteiger partial charge < -0.3 is 8.94 Å². The second kappa shape index (κ2) is 6.17. The molecule has 0 amide bonds. The van der Waals surface area contributed by atoms with E-state index >= 15 is 0 Å². The van der Waals surface area contributed by atoms with Crippen molar-refractivity contribution in [2.24, 2.45) is 0 Å². The first-order chi connectivity index (χ1) is 10.3. The van der Waals surface area contributed by atoms with E-state index in [2.05, 4.69) is 15.4 Å². The number of unbranched alkanes of at least 4 members (excludes halogenated alkanes) is 1. The van der Waals surface area contributed by atoms with Crippen LogP contribution in [0.1, 0.15) is 29.8 Å². The first kappa shape index (κ1) is 13.3. The van der Waals surface area contributed by atoms with Gasteiger partial charge in [0.25, 0.3) is 0 Å². The van der Waals surface area contributed by atoms with E-state index in [-0.39, 0.29) is 5.78 Å². The number of hydrogen-bond acceptors (Lipinski definition) is 6. The van der Waals surface area contributed by atoms with Gasteiger partial charge in [-0.25, -0.2) is 0 Å². The minimum atomic E-state index is -0.0371. The lowest BCUT2D eigenvalue weighted by Gasteiger charge is -1.98. The number of furan rings is 1. The summed E-state index contributed by atoms with van der Waals surface area (Å²) in [6.07, 6.45) is 6.83. The number of Topliss-reactive ketones (excluding diaryl/α,β-unsaturated/α-hetero) is 1. The van der Waals surface area contributed by atoms with Crippen LogP contribution in [-0.4, -0.2) is 25.9 Å². The lowest BCUT2D eigenvalue weighted by molar-refractivity contribution is 0.0970. The Hall–Kier alpha value is -2.70. The zero-order valence-electron chi connectivity index (χ0n) is 11.3. The monoisotopic (exact) mass is 286 g/mol. The van der Waals surface area contributed by atoms with Crippen LogP contribution in [0.4, 0.5) is 0 Å². The zero-order valence-corrected chi connectivity index (χ0v) is 11.3. The number of nitrogens with zero attached hydrogens (tertiary/aromatic N) is 4. The van der Waals surface area contributed by atoms with E-state index in [9.17, 15) is 4.79 Å². The van der Waals surface area contributed by atoms with Gasteiger partial charge in [0, 0.05) is 12.5 Å². The average molecular weight is 286 g/mol. The van der Waals surface area contributed by atoms with Crippen molar-refractivity contribution in [2.45, 2.75) is 25.8 Å². The van der Waals surface area contributed by atoms with E-state index in [1.807, 2.05) is 0 Å². The first-order valence-corrected chi connectivity index (χ1v) is 6.71. The molecule has 0 N–H and O–H groups in total. The molecule has 3 aromatic heterocycles. The van der Waals surface area contributed by atoms with Crippen LogP contribution in [0, 0.1) is 0 Å². The standard InChI is InChI=1S/C14H14N4O3/c19-12(4-1-2-8-18-15-6-7-16-18)11-10-14(21-17-11)13-5-3-9-20-13/h3,5-7,9-10H,1-2,4,8H2. The van der Waals surface area contributed by atoms with Crippen molar-refractivity contribution in [3.63, 3.8) is 0 Å². The Kier molecular flexibility index (Phi) is 3.90. The number of aromatic nitrogens is 4. The SMILES string of the molecule is O=C(CCCCn1nccn1)c1cc(-c2ccco2)on1. The van der Waals surface area contributed by atoms with Gasteiger partial charge in [0.1, 0.15) is 5.69 Å². The van der Waals surface area contributed by atoms with Gasteiger partial charge in [0.2, 0.25) is 5.76 Å². The molecule has 0 atom stereocenters. The fourth-order valence-electron chi connectivity index (χ4n) is 1.97. The van der Waals surface area contributed by atoms with Crippen LogP contribution in [0.2, 0.25) is 0 Å². The molecule has 7 heteroatoms. The molecule has 0 saturated heterocycles. The minimum absolute atomic E-state index is 0.0371. The van der Waals surface area contributed by atoms with Gasteiger partial charge in [0.05, 0.1) is 25.2 Å². The van der Waals surface area contributed by atoms with E-state index in [0.717, 1.165) is 12.8 Å². The van der Waals surface area contributed by atoms with Gasteiger partial charge in [-0.2, -0.15) is 15.0 Å². The summed E-state index contributed by atoms with van der Waals surface area (Å²) in [6, 6.07) is 5.12. The van der Waals surface area contributed by atoms with Gasteiger partial charge in [-0.1, -0.05) is 5.16 Å². The highest BCUT2D eigenvalue weighted by Gasteiger charge is 2.14. The molecule has 0 aliphatic rings. The Bertz CT molecular complexity index is 686. The molecule has 21 heavy (non-hydrogen) atoms. The fourth-order valence-corrected chi connectivity index (χ4v) is 1.97. The van der Waals surface area contributed by atoms with Crippen LogP contribution >= 0.6 is 0 Å². The zero-order chi connectivity index (χ0) is 14.5. The van der Waals surface area contributed by atoms with E-state index in [4.69, 9.17) is 8.94 Å². The topological polar surface area (TPSA) is 87.0 Å². The van der Waals surface area contributed by atoms with Crippen molar-refractivity contribution in [2.75, 3.05) is 0 Å². The van der Waals surface area contributed by atoms with Crippen molar-refractivity contribution in [3.05, 3.63) is 42.5 Å². The maximum atomic E-state index is 12.0. The van der Waals surface area contributed by atoms with Gasteiger partial charge in [-0.3, -0.25) is 4.79 Å². The quantitative estimate of drug-likeness (QED) is 0.490. The van der Waals surface area contributed by atoms with Crippen LogP contribution in [0.15, 0.2) is 45.8 Å². The van der Waals surface area contributed by atoms with E-state index < -0.39 is 0 Å². The molecule has 108 valence electrons. The summed E-state index contributed by atoms with van der Waals surface area (Å²) in [5.41, 5.74) is 0.332. The highest BCUT2D eigenvalue weighted by atomic mass is 16.5. The third-order valence-corrected chi connectivity index (χ3v) is 3.04. The third-order valence-electron chi connectivity index (χ3n) is 3.04. The Morgan fingerprint density at radius 3 is 2.81 bits per heavy atom. The van der Waals surface area contributed by atoms with Crippen LogP contribution in [0.3, 0.4) is 0 Å². The molecule has 0 aromatic carbocycles. The molecule has 3 heterocycles. The molecule has 0 bridgehead atoms. The number of hydrogen-bond donors (Lipinski definition) is 0. The number of carbonyl (C=O) groups excluding carboxylic acids is 1. The molecule has 0 aliphatic heterocycles. The summed E-state index contributed by atoms with van der Waals surface area (Å²) < 4.78 is 10.3. The number of rotatable bonds is 7. The summed E-state index contributed by atoms with van der Waals surface area (Å²) in [5.74, 6) is 0.986. The summed E-state index contributed by atoms with van der Waals surface area (Å²) in [4.78, 5) is 13.6. The van der Waals surface area contributed by atoms with E-state index in [1.54, 1.807) is 41.7 Å². The highest BCUT2D eigenvalue weighted by Crippen LogP contribution is 2.21. The largest absolute Gasteiger partial charge is 0.461 e. The summed E-state index contributed by atoms with van der Waals surface area (Å²) in [7, 11) is 0. The van der Waals surface area contributed by atoms with E-state index in [0.29, 0.717) is 30.2 Å². The average Bonchev–Trinajstić information content (AvgIpc) is 3.25. The second-order valence-electron chi connectivity index (χ2n) is 4.56. The smallest absolute Gasteiger partial charge is 0.202 e. The molecule has 0 spiro atoms. The Morgan fingerprint density at radius 1 is 1.19 bits per heavy atom. The van der Waals surface area contributed by atoms with Crippen molar-refractivity contribution >= 4 is 5.78 Å². The number of aryl methyl sites for hydroxylation is 1. The van der Waals surface area contributed by atoms with Gasteiger partial charge in [-0.15, -0.1) is 0 Å². The molecule has 0 saturated carbocycles. The molecule has 3 rings (SSSR count). The molecular formula is C14H14N4O3. The highest BCUT2D eigenvalue weighted by molar-refractivity contribution is 5.94. The first-order valence-electron chi connectivity index (χ1n) is 6.71. The van der Waals surface area contributed by atoms with Crippen LogP contribution in [-0.2, 0) is 6.54 Å². The lowest BCUT2D eigenvalue weighted by atomic mass is 10.1. The van der Waals surface area contributed by atoms with Crippen molar-refractivity contribution < 1.29 is 13.7 Å². The number of ketones is 1. The van der Waals surface area contributed by atoms with Gasteiger partial charge in [-0.05, 0) is 25.0 Å². The molecule has 0 unspecified atom stereocenters. The maximum absolute atomic E-state index is 12.0. The molecule has 0 radical (unpaired) electrons. The molecule has 0 fully saturated rings. The molecule has 3 aromatic rings. The van der Waals surface area contributed by atoms with Crippen molar-refractivity contribution in [1.82, 2.24) is 20.2 Å². The predicted molar refractivity (Wildman–Crippen MR) is 72.4 cm³/mol. The number of carbonyl (C=O) groups is 1. The summed E-state index contributed by atoms with van der Waals surface area (Å²) in [6.45, 7) is 0.705. The van der Waals surface area contributed by atoms with E-state index in [1.165, 1.54) is 0 Å². The van der Waals surface area contributed by atoms with Crippen molar-refractivity contribution in [3.8, 4) is 11.5 Å². The normalized spacial score (nSPS) is 10.9. The Balaban J connectivity index is 1.49. The van der Waals surface area contributed by atoms with Crippen LogP contribution in [0.5, 0.6) is 0 Å². The van der Waals surface area contributed by atoms with Crippen LogP contribution in [0.25, 0.3) is 11.5 Å². The molecule has 0 aliphatic carbocycles. The van der Waals surface area contributed by atoms with Crippen LogP contribution < -0.4 is 0 Å². The second-order valence-corrected chi connectivity index (χ2v) is 4.56. The molecular weight excluding hydrogens is 272 g/mol. The predicted octanol–water partition coefficient (Wildman–Crippen LogP) is 2.58. The lowest BCUT2D eigenvalue weighted by Crippen LogP contribution is -2.04. The summed E-state index contributed by atoms with van der Waals surface area (Å²) >= 11 is 0.